The van der Waals surface area contributed by atoms with E-state index in [1.807, 2.05) is 12.1 Å². The van der Waals surface area contributed by atoms with E-state index in [2.05, 4.69) is 32.1 Å². The molecule has 2 aliphatic heterocycles. The topological polar surface area (TPSA) is 72.0 Å². The highest BCUT2D eigenvalue weighted by atomic mass is 35.5. The van der Waals surface area contributed by atoms with Gasteiger partial charge >= 0.3 is 0 Å². The number of rotatable bonds is 8. The zero-order valence-electron chi connectivity index (χ0n) is 19.8. The SMILES string of the molecule is COc1cc2ncnc(Nc3ccc(F)c(Cl)c3)c2cc1OCCCN1CC2OCCN(C)C2C1. The third kappa shape index (κ3) is 5.28. The Morgan fingerprint density at radius 2 is 2.09 bits per heavy atom. The van der Waals surface area contributed by atoms with Gasteiger partial charge < -0.3 is 19.5 Å². The predicted octanol–water partition coefficient (Wildman–Crippen LogP) is 3.96. The second-order valence-electron chi connectivity index (χ2n) is 8.92. The number of likely N-dealkylation sites (N-methyl/N-ethyl adjacent to an activating group) is 1. The van der Waals surface area contributed by atoms with E-state index in [0.717, 1.165) is 44.6 Å². The van der Waals surface area contributed by atoms with Gasteiger partial charge in [0.15, 0.2) is 11.5 Å². The van der Waals surface area contributed by atoms with Gasteiger partial charge in [0.2, 0.25) is 0 Å². The van der Waals surface area contributed by atoms with Crippen LogP contribution in [-0.4, -0.2) is 85.5 Å². The number of anilines is 2. The van der Waals surface area contributed by atoms with Crippen molar-refractivity contribution in [2.24, 2.45) is 0 Å². The van der Waals surface area contributed by atoms with Crippen LogP contribution in [0.25, 0.3) is 10.9 Å². The van der Waals surface area contributed by atoms with Crippen molar-refractivity contribution in [3.63, 3.8) is 0 Å². The summed E-state index contributed by atoms with van der Waals surface area (Å²) in [5.41, 5.74) is 1.32. The molecule has 10 heteroatoms. The largest absolute Gasteiger partial charge is 0.493 e. The molecule has 2 saturated heterocycles. The second-order valence-corrected chi connectivity index (χ2v) is 9.32. The average Bonchev–Trinajstić information content (AvgIpc) is 3.28. The van der Waals surface area contributed by atoms with E-state index in [9.17, 15) is 4.39 Å². The summed E-state index contributed by atoms with van der Waals surface area (Å²) in [6.07, 6.45) is 2.65. The van der Waals surface area contributed by atoms with Crippen molar-refractivity contribution in [3.05, 3.63) is 47.5 Å². The first kappa shape index (κ1) is 24.0. The predicted molar refractivity (Wildman–Crippen MR) is 133 cm³/mol. The summed E-state index contributed by atoms with van der Waals surface area (Å²) in [6.45, 7) is 5.30. The average molecular weight is 502 g/mol. The van der Waals surface area contributed by atoms with Crippen molar-refractivity contribution in [1.29, 1.82) is 0 Å². The van der Waals surface area contributed by atoms with Gasteiger partial charge in [-0.05, 0) is 37.7 Å². The number of hydrogen-bond acceptors (Lipinski definition) is 8. The zero-order valence-corrected chi connectivity index (χ0v) is 20.6. The Kier molecular flexibility index (Phi) is 7.19. The van der Waals surface area contributed by atoms with Gasteiger partial charge in [-0.15, -0.1) is 0 Å². The minimum Gasteiger partial charge on any atom is -0.493 e. The first-order chi connectivity index (χ1) is 17.0. The molecule has 5 rings (SSSR count). The number of methoxy groups -OCH3 is 1. The van der Waals surface area contributed by atoms with Gasteiger partial charge in [-0.3, -0.25) is 9.80 Å². The van der Waals surface area contributed by atoms with Crippen molar-refractivity contribution in [2.75, 3.05) is 58.9 Å². The number of hydrogen-bond donors (Lipinski definition) is 1. The first-order valence-electron chi connectivity index (χ1n) is 11.7. The van der Waals surface area contributed by atoms with Crippen LogP contribution < -0.4 is 14.8 Å². The fourth-order valence-corrected chi connectivity index (χ4v) is 4.91. The molecule has 2 unspecified atom stereocenters. The third-order valence-corrected chi connectivity index (χ3v) is 6.92. The number of ether oxygens (including phenoxy) is 3. The molecule has 0 saturated carbocycles. The lowest BCUT2D eigenvalue weighted by Gasteiger charge is -2.33. The monoisotopic (exact) mass is 501 g/mol. The van der Waals surface area contributed by atoms with E-state index in [4.69, 9.17) is 25.8 Å². The van der Waals surface area contributed by atoms with Gasteiger partial charge in [0.05, 0.1) is 37.0 Å². The van der Waals surface area contributed by atoms with Crippen LogP contribution in [0.1, 0.15) is 6.42 Å². The summed E-state index contributed by atoms with van der Waals surface area (Å²) in [7, 11) is 3.79. The Morgan fingerprint density at radius 1 is 1.20 bits per heavy atom. The van der Waals surface area contributed by atoms with Crippen molar-refractivity contribution in [3.8, 4) is 11.5 Å². The van der Waals surface area contributed by atoms with Crippen LogP contribution in [0, 0.1) is 5.82 Å². The molecule has 2 fully saturated rings. The van der Waals surface area contributed by atoms with Crippen molar-refractivity contribution >= 4 is 34.0 Å². The Balaban J connectivity index is 1.26. The van der Waals surface area contributed by atoms with Gasteiger partial charge in [-0.2, -0.15) is 0 Å². The molecule has 0 radical (unpaired) electrons. The lowest BCUT2D eigenvalue weighted by molar-refractivity contribution is -0.0369. The molecule has 186 valence electrons. The van der Waals surface area contributed by atoms with E-state index < -0.39 is 5.82 Å². The Bertz CT molecular complexity index is 1200. The maximum Gasteiger partial charge on any atom is 0.162 e. The van der Waals surface area contributed by atoms with E-state index >= 15 is 0 Å². The molecule has 0 bridgehead atoms. The van der Waals surface area contributed by atoms with Crippen molar-refractivity contribution in [1.82, 2.24) is 19.8 Å². The number of morpholine rings is 1. The first-order valence-corrected chi connectivity index (χ1v) is 12.1. The van der Waals surface area contributed by atoms with Gasteiger partial charge in [0, 0.05) is 49.4 Å². The fraction of sp³-hybridized carbons (Fsp3) is 0.440. The van der Waals surface area contributed by atoms with Crippen LogP contribution in [-0.2, 0) is 4.74 Å². The minimum atomic E-state index is -0.475. The van der Waals surface area contributed by atoms with Crippen molar-refractivity contribution < 1.29 is 18.6 Å². The van der Waals surface area contributed by atoms with Crippen LogP contribution in [0.4, 0.5) is 15.9 Å². The number of nitrogens with zero attached hydrogens (tertiary/aromatic N) is 4. The van der Waals surface area contributed by atoms with Crippen LogP contribution in [0.5, 0.6) is 11.5 Å². The maximum absolute atomic E-state index is 13.5. The Labute approximate surface area is 208 Å². The molecule has 2 aromatic carbocycles. The lowest BCUT2D eigenvalue weighted by Crippen LogP contribution is -2.48. The number of benzene rings is 2. The minimum absolute atomic E-state index is 0.0366. The molecule has 8 nitrogen and oxygen atoms in total. The summed E-state index contributed by atoms with van der Waals surface area (Å²) in [5.74, 6) is 1.31. The normalized spacial score (nSPS) is 20.7. The number of fused-ring (bicyclic) bond motifs is 2. The van der Waals surface area contributed by atoms with Gasteiger partial charge in [0.1, 0.15) is 18.0 Å². The highest BCUT2D eigenvalue weighted by Crippen LogP contribution is 2.35. The maximum atomic E-state index is 13.5. The molecule has 1 aromatic heterocycles. The summed E-state index contributed by atoms with van der Waals surface area (Å²) in [5, 5.41) is 3.98. The molecule has 0 amide bonds. The number of halogens is 2. The van der Waals surface area contributed by atoms with Crippen LogP contribution >= 0.6 is 11.6 Å². The molecule has 3 aromatic rings. The van der Waals surface area contributed by atoms with Crippen LogP contribution in [0.2, 0.25) is 5.02 Å². The smallest absolute Gasteiger partial charge is 0.162 e. The molecule has 0 spiro atoms. The summed E-state index contributed by atoms with van der Waals surface area (Å²) in [6, 6.07) is 8.61. The van der Waals surface area contributed by atoms with Gasteiger partial charge in [-0.25, -0.2) is 14.4 Å². The Hall–Kier alpha value is -2.72. The number of nitrogens with one attached hydrogen (secondary N) is 1. The van der Waals surface area contributed by atoms with Crippen molar-refractivity contribution in [2.45, 2.75) is 18.6 Å². The summed E-state index contributed by atoms with van der Waals surface area (Å²) >= 11 is 5.93. The van der Waals surface area contributed by atoms with Crippen LogP contribution in [0.3, 0.4) is 0 Å². The van der Waals surface area contributed by atoms with Crippen LogP contribution in [0.15, 0.2) is 36.7 Å². The van der Waals surface area contributed by atoms with E-state index in [1.54, 1.807) is 13.2 Å². The fourth-order valence-electron chi connectivity index (χ4n) is 4.73. The molecule has 0 aliphatic carbocycles. The van der Waals surface area contributed by atoms with Gasteiger partial charge in [-0.1, -0.05) is 11.6 Å². The third-order valence-electron chi connectivity index (χ3n) is 6.63. The molecule has 3 heterocycles. The molecular weight excluding hydrogens is 473 g/mol. The zero-order chi connectivity index (χ0) is 24.4. The molecule has 35 heavy (non-hydrogen) atoms. The van der Waals surface area contributed by atoms with E-state index in [1.165, 1.54) is 18.5 Å². The van der Waals surface area contributed by atoms with Gasteiger partial charge in [0.25, 0.3) is 0 Å². The number of aromatic nitrogens is 2. The Morgan fingerprint density at radius 3 is 2.89 bits per heavy atom. The van der Waals surface area contributed by atoms with E-state index in [0.29, 0.717) is 47.3 Å². The quantitative estimate of drug-likeness (QED) is 0.465. The highest BCUT2D eigenvalue weighted by Gasteiger charge is 2.38. The molecule has 1 N–H and O–H groups in total. The lowest BCUT2D eigenvalue weighted by atomic mass is 10.1. The highest BCUT2D eigenvalue weighted by molar-refractivity contribution is 6.31. The van der Waals surface area contributed by atoms with E-state index in [-0.39, 0.29) is 5.02 Å². The summed E-state index contributed by atoms with van der Waals surface area (Å²) < 4.78 is 31.2. The standard InChI is InChI=1S/C25H29ClFN5O3/c1-31-7-9-35-24-14-32(13-21(24)31)6-3-8-34-23-11-17-20(12-22(23)33-2)28-15-29-25(17)30-16-4-5-19(27)18(26)10-16/h4-5,10-12,15,21,24H,3,6-9,13-14H2,1-2H3,(H,28,29,30). The summed E-state index contributed by atoms with van der Waals surface area (Å²) in [4.78, 5) is 13.6. The molecule has 2 atom stereocenters. The molecular formula is C25H29ClFN5O3. The molecule has 2 aliphatic rings. The second kappa shape index (κ2) is 10.5. The number of likely N-dealkylation sites (tertiary alicyclic amines) is 1.